The molecule has 0 fully saturated rings. The van der Waals surface area contributed by atoms with Crippen molar-refractivity contribution in [3.05, 3.63) is 35.2 Å². The first-order valence-corrected chi connectivity index (χ1v) is 5.10. The quantitative estimate of drug-likeness (QED) is 0.729. The van der Waals surface area contributed by atoms with Gasteiger partial charge in [-0.1, -0.05) is 23.7 Å². The molecule has 0 saturated carbocycles. The molecule has 0 unspecified atom stereocenters. The van der Waals surface area contributed by atoms with E-state index in [4.69, 9.17) is 11.6 Å². The summed E-state index contributed by atoms with van der Waals surface area (Å²) in [6.45, 7) is 0.699. The van der Waals surface area contributed by atoms with Gasteiger partial charge in [0.05, 0.1) is 12.1 Å². The molecule has 2 rings (SSSR count). The van der Waals surface area contributed by atoms with Gasteiger partial charge in [0.25, 0.3) is 0 Å². The second-order valence-electron chi connectivity index (χ2n) is 3.69. The lowest BCUT2D eigenvalue weighted by Gasteiger charge is -2.09. The molecule has 1 heterocycles. The van der Waals surface area contributed by atoms with Crippen molar-refractivity contribution in [3.63, 3.8) is 0 Å². The molecule has 0 spiro atoms. The van der Waals surface area contributed by atoms with Gasteiger partial charge >= 0.3 is 0 Å². The number of fused-ring (bicyclic) bond motifs is 1. The third-order valence-electron chi connectivity index (χ3n) is 2.06. The van der Waals surface area contributed by atoms with Gasteiger partial charge < -0.3 is 4.90 Å². The standard InChI is InChI=1S/C11H12ClN3/c1-15(2)7-10-13-9-6-4-3-5-8(9)11(12)14-10/h3-6H,7H2,1-2H3. The normalized spacial score (nSPS) is 11.2. The molecule has 0 saturated heterocycles. The summed E-state index contributed by atoms with van der Waals surface area (Å²) in [6.07, 6.45) is 0. The van der Waals surface area contributed by atoms with Gasteiger partial charge in [0.2, 0.25) is 0 Å². The van der Waals surface area contributed by atoms with Crippen molar-refractivity contribution in [2.75, 3.05) is 14.1 Å². The van der Waals surface area contributed by atoms with Crippen LogP contribution in [0, 0.1) is 0 Å². The summed E-state index contributed by atoms with van der Waals surface area (Å²) in [5.74, 6) is 0.753. The minimum Gasteiger partial charge on any atom is -0.302 e. The fourth-order valence-electron chi connectivity index (χ4n) is 1.44. The molecule has 78 valence electrons. The van der Waals surface area contributed by atoms with E-state index in [1.54, 1.807) is 0 Å². The molecular weight excluding hydrogens is 210 g/mol. The number of hydrogen-bond acceptors (Lipinski definition) is 3. The average Bonchev–Trinajstić information content (AvgIpc) is 2.16. The van der Waals surface area contributed by atoms with Crippen molar-refractivity contribution in [3.8, 4) is 0 Å². The van der Waals surface area contributed by atoms with Crippen LogP contribution in [0.1, 0.15) is 5.82 Å². The largest absolute Gasteiger partial charge is 0.302 e. The Morgan fingerprint density at radius 1 is 1.20 bits per heavy atom. The first-order chi connectivity index (χ1) is 7.16. The maximum atomic E-state index is 6.08. The highest BCUT2D eigenvalue weighted by Crippen LogP contribution is 2.19. The van der Waals surface area contributed by atoms with Crippen molar-refractivity contribution in [1.29, 1.82) is 0 Å². The summed E-state index contributed by atoms with van der Waals surface area (Å²) in [5.41, 5.74) is 0.898. The summed E-state index contributed by atoms with van der Waals surface area (Å²) in [4.78, 5) is 10.7. The zero-order valence-electron chi connectivity index (χ0n) is 8.74. The molecule has 1 aromatic heterocycles. The highest BCUT2D eigenvalue weighted by atomic mass is 35.5. The summed E-state index contributed by atoms with van der Waals surface area (Å²) < 4.78 is 0. The van der Waals surface area contributed by atoms with Crippen LogP contribution in [0.15, 0.2) is 24.3 Å². The Balaban J connectivity index is 2.52. The Morgan fingerprint density at radius 2 is 1.93 bits per heavy atom. The number of halogens is 1. The van der Waals surface area contributed by atoms with Crippen LogP contribution in [0.4, 0.5) is 0 Å². The Labute approximate surface area is 93.7 Å². The number of aromatic nitrogens is 2. The topological polar surface area (TPSA) is 29.0 Å². The van der Waals surface area contributed by atoms with E-state index in [1.807, 2.05) is 43.3 Å². The van der Waals surface area contributed by atoms with Gasteiger partial charge in [0, 0.05) is 5.39 Å². The molecule has 0 aliphatic rings. The zero-order valence-corrected chi connectivity index (χ0v) is 9.49. The molecule has 0 radical (unpaired) electrons. The molecule has 0 bridgehead atoms. The Bertz CT molecular complexity index is 482. The fraction of sp³-hybridized carbons (Fsp3) is 0.273. The van der Waals surface area contributed by atoms with Gasteiger partial charge in [-0.15, -0.1) is 0 Å². The summed E-state index contributed by atoms with van der Waals surface area (Å²) in [7, 11) is 3.96. The summed E-state index contributed by atoms with van der Waals surface area (Å²) in [6, 6.07) is 7.76. The van der Waals surface area contributed by atoms with Crippen molar-refractivity contribution in [1.82, 2.24) is 14.9 Å². The SMILES string of the molecule is CN(C)Cc1nc(Cl)c2ccccc2n1. The summed E-state index contributed by atoms with van der Waals surface area (Å²) in [5, 5.41) is 1.43. The van der Waals surface area contributed by atoms with Crippen molar-refractivity contribution in [2.45, 2.75) is 6.54 Å². The van der Waals surface area contributed by atoms with Gasteiger partial charge in [-0.3, -0.25) is 0 Å². The fourth-order valence-corrected chi connectivity index (χ4v) is 1.69. The van der Waals surface area contributed by atoms with Gasteiger partial charge in [-0.2, -0.15) is 0 Å². The van der Waals surface area contributed by atoms with E-state index >= 15 is 0 Å². The van der Waals surface area contributed by atoms with E-state index in [9.17, 15) is 0 Å². The molecular formula is C11H12ClN3. The number of nitrogens with zero attached hydrogens (tertiary/aromatic N) is 3. The lowest BCUT2D eigenvalue weighted by molar-refractivity contribution is 0.391. The number of para-hydroxylation sites is 1. The predicted molar refractivity (Wildman–Crippen MR) is 61.9 cm³/mol. The zero-order chi connectivity index (χ0) is 10.8. The van der Waals surface area contributed by atoms with Crippen molar-refractivity contribution >= 4 is 22.5 Å². The minimum absolute atomic E-state index is 0.525. The molecule has 0 aliphatic carbocycles. The number of rotatable bonds is 2. The average molecular weight is 222 g/mol. The van der Waals surface area contributed by atoms with E-state index in [1.165, 1.54) is 0 Å². The van der Waals surface area contributed by atoms with Crippen LogP contribution in [0.25, 0.3) is 10.9 Å². The lowest BCUT2D eigenvalue weighted by Crippen LogP contribution is -2.13. The lowest BCUT2D eigenvalue weighted by atomic mass is 10.2. The molecule has 0 amide bonds. The smallest absolute Gasteiger partial charge is 0.144 e. The second-order valence-corrected chi connectivity index (χ2v) is 4.04. The highest BCUT2D eigenvalue weighted by molar-refractivity contribution is 6.34. The number of benzene rings is 1. The molecule has 1 aromatic carbocycles. The van der Waals surface area contributed by atoms with E-state index in [0.717, 1.165) is 16.7 Å². The van der Waals surface area contributed by atoms with E-state index in [2.05, 4.69) is 9.97 Å². The van der Waals surface area contributed by atoms with Crippen LogP contribution in [0.3, 0.4) is 0 Å². The van der Waals surface area contributed by atoms with Crippen LogP contribution in [0.5, 0.6) is 0 Å². The predicted octanol–water partition coefficient (Wildman–Crippen LogP) is 2.34. The minimum atomic E-state index is 0.525. The van der Waals surface area contributed by atoms with Crippen molar-refractivity contribution in [2.24, 2.45) is 0 Å². The van der Waals surface area contributed by atoms with Gasteiger partial charge in [0.15, 0.2) is 0 Å². The maximum Gasteiger partial charge on any atom is 0.144 e. The molecule has 4 heteroatoms. The van der Waals surface area contributed by atoms with E-state index in [0.29, 0.717) is 11.7 Å². The van der Waals surface area contributed by atoms with Crippen LogP contribution in [-0.4, -0.2) is 29.0 Å². The van der Waals surface area contributed by atoms with Gasteiger partial charge in [-0.05, 0) is 26.2 Å². The Kier molecular flexibility index (Phi) is 2.84. The molecule has 0 atom stereocenters. The van der Waals surface area contributed by atoms with Gasteiger partial charge in [0.1, 0.15) is 11.0 Å². The van der Waals surface area contributed by atoms with Gasteiger partial charge in [-0.25, -0.2) is 9.97 Å². The Hall–Kier alpha value is -1.19. The van der Waals surface area contributed by atoms with Crippen LogP contribution >= 0.6 is 11.6 Å². The highest BCUT2D eigenvalue weighted by Gasteiger charge is 2.05. The number of hydrogen-bond donors (Lipinski definition) is 0. The van der Waals surface area contributed by atoms with E-state index < -0.39 is 0 Å². The first kappa shape index (κ1) is 10.3. The molecule has 2 aromatic rings. The monoisotopic (exact) mass is 221 g/mol. The van der Waals surface area contributed by atoms with Crippen LogP contribution in [0.2, 0.25) is 5.15 Å². The molecule has 0 N–H and O–H groups in total. The molecule has 3 nitrogen and oxygen atoms in total. The van der Waals surface area contributed by atoms with Crippen LogP contribution in [-0.2, 0) is 6.54 Å². The third kappa shape index (κ3) is 2.25. The third-order valence-corrected chi connectivity index (χ3v) is 2.35. The molecule has 0 aliphatic heterocycles. The summed E-state index contributed by atoms with van der Waals surface area (Å²) >= 11 is 6.08. The first-order valence-electron chi connectivity index (χ1n) is 4.72. The second kappa shape index (κ2) is 4.13. The molecule has 15 heavy (non-hydrogen) atoms. The maximum absolute atomic E-state index is 6.08. The van der Waals surface area contributed by atoms with Crippen LogP contribution < -0.4 is 0 Å². The van der Waals surface area contributed by atoms with Crippen molar-refractivity contribution < 1.29 is 0 Å². The van der Waals surface area contributed by atoms with E-state index in [-0.39, 0.29) is 0 Å². The Morgan fingerprint density at radius 3 is 2.67 bits per heavy atom.